The lowest BCUT2D eigenvalue weighted by molar-refractivity contribution is 1.01. The third-order valence-corrected chi connectivity index (χ3v) is 11.2. The van der Waals surface area contributed by atoms with Gasteiger partial charge in [0.2, 0.25) is 5.95 Å². The summed E-state index contributed by atoms with van der Waals surface area (Å²) in [5.41, 5.74) is 11.3. The highest BCUT2D eigenvalue weighted by Gasteiger charge is 2.17. The summed E-state index contributed by atoms with van der Waals surface area (Å²) in [4.78, 5) is 11.0. The van der Waals surface area contributed by atoms with Gasteiger partial charge in [-0.15, -0.1) is 0 Å². The lowest BCUT2D eigenvalue weighted by Crippen LogP contribution is -2.06. The molecule has 10 aromatic rings. The van der Waals surface area contributed by atoms with Crippen molar-refractivity contribution in [1.82, 2.24) is 14.5 Å². The number of allylic oxidation sites excluding steroid dienone is 4. The summed E-state index contributed by atoms with van der Waals surface area (Å²) in [6, 6.07) is 69.0. The van der Waals surface area contributed by atoms with Crippen molar-refractivity contribution >= 4 is 59.8 Å². The van der Waals surface area contributed by atoms with Gasteiger partial charge < -0.3 is 0 Å². The van der Waals surface area contributed by atoms with Gasteiger partial charge in [-0.1, -0.05) is 195 Å². The first-order valence-corrected chi connectivity index (χ1v) is 19.9. The van der Waals surface area contributed by atoms with E-state index in [1.165, 1.54) is 5.56 Å². The molecule has 0 aliphatic carbocycles. The lowest BCUT2D eigenvalue weighted by Gasteiger charge is -2.16. The summed E-state index contributed by atoms with van der Waals surface area (Å²) >= 11 is 0. The maximum absolute atomic E-state index is 5.57. The van der Waals surface area contributed by atoms with Gasteiger partial charge in [-0.25, -0.2) is 9.97 Å². The molecule has 0 radical (unpaired) electrons. The largest absolute Gasteiger partial charge is 0.278 e. The first kappa shape index (κ1) is 35.5. The number of nitrogens with zero attached hydrogens (tertiary/aromatic N) is 3. The van der Waals surface area contributed by atoms with Crippen LogP contribution < -0.4 is 0 Å². The number of rotatable bonds is 7. The second kappa shape index (κ2) is 15.2. The van der Waals surface area contributed by atoms with E-state index in [0.717, 1.165) is 93.3 Å². The highest BCUT2D eigenvalue weighted by Crippen LogP contribution is 2.38. The van der Waals surface area contributed by atoms with Crippen LogP contribution >= 0.6 is 0 Å². The van der Waals surface area contributed by atoms with Crippen LogP contribution in [0, 0.1) is 0 Å². The fourth-order valence-electron chi connectivity index (χ4n) is 8.38. The van der Waals surface area contributed by atoms with Crippen LogP contribution in [0.4, 0.5) is 0 Å². The highest BCUT2D eigenvalue weighted by molar-refractivity contribution is 6.20. The lowest BCUT2D eigenvalue weighted by atomic mass is 9.98. The van der Waals surface area contributed by atoms with Crippen LogP contribution in [0.25, 0.3) is 99.3 Å². The molecule has 3 heteroatoms. The quantitative estimate of drug-likeness (QED) is 0.152. The Morgan fingerprint density at radius 3 is 1.49 bits per heavy atom. The van der Waals surface area contributed by atoms with Gasteiger partial charge >= 0.3 is 0 Å². The monoisotopic (exact) mass is 753 g/mol. The molecule has 0 saturated carbocycles. The summed E-state index contributed by atoms with van der Waals surface area (Å²) in [5.74, 6) is 0.580. The topological polar surface area (TPSA) is 30.7 Å². The molecule has 0 bridgehead atoms. The molecule has 0 unspecified atom stereocenters. The Balaban J connectivity index is 1.39. The maximum Gasteiger partial charge on any atom is 0.235 e. The van der Waals surface area contributed by atoms with Gasteiger partial charge in [-0.3, -0.25) is 4.57 Å². The summed E-state index contributed by atoms with van der Waals surface area (Å²) in [5, 5.41) is 7.65. The van der Waals surface area contributed by atoms with Crippen molar-refractivity contribution in [1.29, 1.82) is 0 Å². The zero-order valence-electron chi connectivity index (χ0n) is 32.5. The van der Waals surface area contributed by atoms with Crippen molar-refractivity contribution in [3.05, 3.63) is 231 Å². The summed E-state index contributed by atoms with van der Waals surface area (Å²) < 4.78 is 2.27. The second-order valence-corrected chi connectivity index (χ2v) is 14.7. The van der Waals surface area contributed by atoms with Gasteiger partial charge in [-0.2, -0.15) is 0 Å². The fraction of sp³-hybridized carbons (Fsp3) is 0. The van der Waals surface area contributed by atoms with E-state index in [1.54, 1.807) is 0 Å². The van der Waals surface area contributed by atoms with Gasteiger partial charge in [-0.05, 0) is 85.3 Å². The highest BCUT2D eigenvalue weighted by atomic mass is 15.2. The Morgan fingerprint density at radius 1 is 0.407 bits per heavy atom. The van der Waals surface area contributed by atoms with Crippen LogP contribution in [0.15, 0.2) is 226 Å². The van der Waals surface area contributed by atoms with Crippen molar-refractivity contribution in [2.45, 2.75) is 0 Å². The molecule has 2 aromatic heterocycles. The minimum atomic E-state index is 0.580. The minimum Gasteiger partial charge on any atom is -0.278 e. The van der Waals surface area contributed by atoms with Gasteiger partial charge in [0.1, 0.15) is 0 Å². The zero-order chi connectivity index (χ0) is 39.7. The van der Waals surface area contributed by atoms with Crippen LogP contribution in [0.2, 0.25) is 0 Å². The van der Waals surface area contributed by atoms with Crippen LogP contribution in [0.5, 0.6) is 0 Å². The third-order valence-electron chi connectivity index (χ3n) is 11.2. The molecular formula is C56H39N3. The Morgan fingerprint density at radius 2 is 0.881 bits per heavy atom. The molecular weight excluding hydrogens is 715 g/mol. The first-order chi connectivity index (χ1) is 29.2. The molecule has 0 aliphatic rings. The summed E-state index contributed by atoms with van der Waals surface area (Å²) in [6.45, 7) is 8.16. The molecule has 10 rings (SSSR count). The molecule has 0 amide bonds. The Kier molecular flexibility index (Phi) is 9.17. The van der Waals surface area contributed by atoms with Crippen LogP contribution in [-0.4, -0.2) is 14.5 Å². The Labute approximate surface area is 343 Å². The average Bonchev–Trinajstić information content (AvgIpc) is 3.35. The van der Waals surface area contributed by atoms with E-state index in [4.69, 9.17) is 9.97 Å². The standard InChI is InChI=1S/C56H39N3/c1-3-17-38(4-2)43-32-34-53-50(36-43)47-24-13-11-22-45(47)46-23-12-14-25-48(46)51-37-44(40-20-9-6-10-21-40)33-35-54(51)59(53)56-57-52-27-16-15-26-49(52)55(58-56)42-30-28-41(29-31-42)39-18-7-5-8-19-39/h3-37H,1-2H2/b38-17+. The van der Waals surface area contributed by atoms with Gasteiger partial charge in [0.05, 0.1) is 22.2 Å². The van der Waals surface area contributed by atoms with E-state index in [0.29, 0.717) is 5.95 Å². The number of fused-ring (bicyclic) bond motifs is 8. The number of para-hydroxylation sites is 1. The molecule has 278 valence electrons. The van der Waals surface area contributed by atoms with Gasteiger partial charge in [0, 0.05) is 21.7 Å². The molecule has 0 N–H and O–H groups in total. The Bertz CT molecular complexity index is 3340. The van der Waals surface area contributed by atoms with Crippen molar-refractivity contribution in [2.75, 3.05) is 0 Å². The normalized spacial score (nSPS) is 11.6. The fourth-order valence-corrected chi connectivity index (χ4v) is 8.38. The molecule has 0 spiro atoms. The molecule has 3 nitrogen and oxygen atoms in total. The summed E-state index contributed by atoms with van der Waals surface area (Å²) in [7, 11) is 0. The van der Waals surface area contributed by atoms with E-state index < -0.39 is 0 Å². The molecule has 2 heterocycles. The maximum atomic E-state index is 5.57. The molecule has 59 heavy (non-hydrogen) atoms. The third kappa shape index (κ3) is 6.45. The van der Waals surface area contributed by atoms with Crippen molar-refractivity contribution < 1.29 is 0 Å². The zero-order valence-corrected chi connectivity index (χ0v) is 32.5. The number of hydrogen-bond acceptors (Lipinski definition) is 2. The molecule has 0 atom stereocenters. The number of hydrogen-bond donors (Lipinski definition) is 0. The Hall–Kier alpha value is -7.88. The molecule has 8 aromatic carbocycles. The second-order valence-electron chi connectivity index (χ2n) is 14.7. The van der Waals surface area contributed by atoms with Crippen molar-refractivity contribution in [2.24, 2.45) is 0 Å². The number of benzene rings is 8. The summed E-state index contributed by atoms with van der Waals surface area (Å²) in [6.07, 6.45) is 5.71. The van der Waals surface area contributed by atoms with Gasteiger partial charge in [0.15, 0.2) is 0 Å². The van der Waals surface area contributed by atoms with Crippen LogP contribution in [0.3, 0.4) is 0 Å². The number of aromatic nitrogens is 3. The smallest absolute Gasteiger partial charge is 0.235 e. The van der Waals surface area contributed by atoms with E-state index in [-0.39, 0.29) is 0 Å². The van der Waals surface area contributed by atoms with Crippen LogP contribution in [-0.2, 0) is 0 Å². The van der Waals surface area contributed by atoms with Crippen LogP contribution in [0.1, 0.15) is 5.56 Å². The van der Waals surface area contributed by atoms with E-state index >= 15 is 0 Å². The first-order valence-electron chi connectivity index (χ1n) is 19.9. The van der Waals surface area contributed by atoms with E-state index in [1.807, 2.05) is 24.3 Å². The van der Waals surface area contributed by atoms with Crippen molar-refractivity contribution in [3.8, 4) is 39.5 Å². The van der Waals surface area contributed by atoms with E-state index in [2.05, 4.69) is 206 Å². The minimum absolute atomic E-state index is 0.580. The predicted octanol–water partition coefficient (Wildman–Crippen LogP) is 14.9. The van der Waals surface area contributed by atoms with Gasteiger partial charge in [0.25, 0.3) is 0 Å². The predicted molar refractivity (Wildman–Crippen MR) is 251 cm³/mol. The molecule has 0 fully saturated rings. The molecule has 0 aliphatic heterocycles. The van der Waals surface area contributed by atoms with Crippen molar-refractivity contribution in [3.63, 3.8) is 0 Å². The SMILES string of the molecule is C=C/C=C(\C=C)c1ccc2c(c1)c1ccccc1c1ccccc1c1cc(-c3ccccc3)ccc1n2-c1nc(-c2ccc(-c3ccccc3)cc2)c2ccccc2n1. The van der Waals surface area contributed by atoms with E-state index in [9.17, 15) is 0 Å². The average molecular weight is 754 g/mol. The molecule has 0 saturated heterocycles.